The van der Waals surface area contributed by atoms with Gasteiger partial charge in [-0.25, -0.2) is 0 Å². The minimum atomic E-state index is 0. The molecule has 2 nitrogen and oxygen atoms in total. The molecule has 0 aromatic heterocycles. The summed E-state index contributed by atoms with van der Waals surface area (Å²) in [6, 6.07) is 0. The quantitative estimate of drug-likeness (QED) is 0.232. The van der Waals surface area contributed by atoms with Crippen molar-refractivity contribution in [3.63, 3.8) is 0 Å². The summed E-state index contributed by atoms with van der Waals surface area (Å²) in [4.78, 5) is 4.27. The Balaban J connectivity index is -0.000000372. The maximum absolute atomic E-state index is 4.98. The zero-order valence-electron chi connectivity index (χ0n) is 16.7. The van der Waals surface area contributed by atoms with Crippen LogP contribution in [0.4, 0.5) is 0 Å². The molecule has 0 fully saturated rings. The molecular formula is C18H36CaN2S4. The van der Waals surface area contributed by atoms with Gasteiger partial charge in [0.15, 0.2) is 0 Å². The van der Waals surface area contributed by atoms with E-state index < -0.39 is 0 Å². The maximum Gasteiger partial charge on any atom is 2.00 e. The van der Waals surface area contributed by atoms with Gasteiger partial charge in [0.05, 0.1) is 0 Å². The van der Waals surface area contributed by atoms with Crippen LogP contribution in [0, 0.1) is 0 Å². The van der Waals surface area contributed by atoms with E-state index in [-0.39, 0.29) is 37.7 Å². The van der Waals surface area contributed by atoms with Gasteiger partial charge in [0.1, 0.15) is 0 Å². The Hall–Kier alpha value is 1.48. The van der Waals surface area contributed by atoms with Crippen molar-refractivity contribution in [1.29, 1.82) is 0 Å². The molecule has 0 radical (unpaired) electrons. The van der Waals surface area contributed by atoms with Crippen LogP contribution in [0.5, 0.6) is 0 Å². The summed E-state index contributed by atoms with van der Waals surface area (Å²) in [5.74, 6) is 0. The summed E-state index contributed by atoms with van der Waals surface area (Å²) in [5.41, 5.74) is 0. The average molecular weight is 449 g/mol. The van der Waals surface area contributed by atoms with Gasteiger partial charge in [0.2, 0.25) is 0 Å². The number of unbranched alkanes of at least 4 members (excludes halogenated alkanes) is 4. The van der Waals surface area contributed by atoms with Crippen LogP contribution < -0.4 is 0 Å². The van der Waals surface area contributed by atoms with Gasteiger partial charge in [0, 0.05) is 26.2 Å². The normalized spacial score (nSPS) is 9.44. The van der Waals surface area contributed by atoms with E-state index >= 15 is 0 Å². The molecule has 0 aliphatic rings. The van der Waals surface area contributed by atoms with Crippen molar-refractivity contribution in [3.05, 3.63) is 0 Å². The van der Waals surface area contributed by atoms with Crippen LogP contribution in [0.25, 0.3) is 0 Å². The van der Waals surface area contributed by atoms with E-state index in [9.17, 15) is 0 Å². The van der Waals surface area contributed by atoms with Crippen LogP contribution in [0.3, 0.4) is 0 Å². The van der Waals surface area contributed by atoms with Crippen LogP contribution in [0.15, 0.2) is 0 Å². The molecule has 0 atom stereocenters. The molecule has 0 heterocycles. The maximum atomic E-state index is 4.98. The summed E-state index contributed by atoms with van der Waals surface area (Å²) in [6.07, 6.45) is 9.62. The van der Waals surface area contributed by atoms with Crippen LogP contribution in [0.2, 0.25) is 0 Å². The first-order valence-electron chi connectivity index (χ1n) is 9.36. The molecule has 0 spiro atoms. The third kappa shape index (κ3) is 21.6. The van der Waals surface area contributed by atoms with Crippen molar-refractivity contribution < 1.29 is 0 Å². The smallest absolute Gasteiger partial charge is 0.411 e. The summed E-state index contributed by atoms with van der Waals surface area (Å²) >= 11 is 19.9. The third-order valence-electron chi connectivity index (χ3n) is 3.64. The minimum Gasteiger partial charge on any atom is -0.411 e. The molecule has 0 saturated carbocycles. The fourth-order valence-corrected chi connectivity index (χ4v) is 2.71. The Labute approximate surface area is 209 Å². The average Bonchev–Trinajstić information content (AvgIpc) is 2.55. The van der Waals surface area contributed by atoms with E-state index in [0.29, 0.717) is 8.64 Å². The van der Waals surface area contributed by atoms with E-state index in [4.69, 9.17) is 49.7 Å². The van der Waals surface area contributed by atoms with Crippen LogP contribution >= 0.6 is 24.4 Å². The standard InChI is InChI=1S/2C9H19NS2.Ca/c2*1-3-5-7-10(9(11)12)8-6-4-2;/h2*3-8H2,1-2H3,(H,11,12);/q;;+2/p-2. The third-order valence-corrected chi connectivity index (χ3v) is 4.68. The largest absolute Gasteiger partial charge is 2.00 e. The molecule has 0 amide bonds. The number of nitrogens with zero attached hydrogens (tertiary/aromatic N) is 2. The van der Waals surface area contributed by atoms with Gasteiger partial charge >= 0.3 is 37.7 Å². The second-order valence-corrected chi connectivity index (χ2v) is 7.98. The Bertz CT molecular complexity index is 271. The Kier molecular flexibility index (Phi) is 29.3. The molecule has 0 rings (SSSR count). The van der Waals surface area contributed by atoms with Crippen LogP contribution in [-0.4, -0.2) is 82.4 Å². The molecule has 0 aromatic rings. The summed E-state index contributed by atoms with van der Waals surface area (Å²) in [5, 5.41) is 0. The first kappa shape index (κ1) is 31.2. The predicted octanol–water partition coefficient (Wildman–Crippen LogP) is 5.06. The summed E-state index contributed by atoms with van der Waals surface area (Å²) < 4.78 is 1.27. The summed E-state index contributed by atoms with van der Waals surface area (Å²) in [6.45, 7) is 12.9. The van der Waals surface area contributed by atoms with E-state index in [0.717, 1.165) is 26.2 Å². The molecule has 25 heavy (non-hydrogen) atoms. The predicted molar refractivity (Wildman–Crippen MR) is 128 cm³/mol. The van der Waals surface area contributed by atoms with Gasteiger partial charge in [-0.1, -0.05) is 62.0 Å². The Morgan fingerprint density at radius 2 is 0.800 bits per heavy atom. The second-order valence-electron chi connectivity index (χ2n) is 5.92. The molecule has 0 aromatic carbocycles. The summed E-state index contributed by atoms with van der Waals surface area (Å²) in [7, 11) is 0. The van der Waals surface area contributed by atoms with Gasteiger partial charge in [-0.2, -0.15) is 0 Å². The van der Waals surface area contributed by atoms with Gasteiger partial charge in [-0.15, -0.1) is 0 Å². The molecular weight excluding hydrogens is 413 g/mol. The zero-order chi connectivity index (χ0) is 18.8. The fourth-order valence-electron chi connectivity index (χ4n) is 1.98. The van der Waals surface area contributed by atoms with E-state index in [1.165, 1.54) is 51.4 Å². The molecule has 0 bridgehead atoms. The van der Waals surface area contributed by atoms with E-state index in [2.05, 4.69) is 37.5 Å². The van der Waals surface area contributed by atoms with Crippen molar-refractivity contribution in [2.24, 2.45) is 0 Å². The number of hydrogen-bond donors (Lipinski definition) is 0. The topological polar surface area (TPSA) is 6.48 Å². The number of rotatable bonds is 12. The molecule has 7 heteroatoms. The molecule has 0 aliphatic carbocycles. The van der Waals surface area contributed by atoms with Gasteiger partial charge in [-0.05, 0) is 25.7 Å². The first-order chi connectivity index (χ1) is 11.4. The van der Waals surface area contributed by atoms with E-state index in [1.807, 2.05) is 0 Å². The Morgan fingerprint density at radius 1 is 0.600 bits per heavy atom. The first-order valence-corrected chi connectivity index (χ1v) is 11.0. The number of hydrogen-bond acceptors (Lipinski definition) is 4. The van der Waals surface area contributed by atoms with Crippen LogP contribution in [0.1, 0.15) is 79.1 Å². The SMILES string of the molecule is CCCCN(CCCC)C(=S)[S-].CCCCN(CCCC)C(=S)[S-].[Ca+2]. The molecule has 0 unspecified atom stereocenters. The molecule has 0 N–H and O–H groups in total. The molecule has 0 aliphatic heterocycles. The van der Waals surface area contributed by atoms with Crippen molar-refractivity contribution in [3.8, 4) is 0 Å². The van der Waals surface area contributed by atoms with E-state index in [1.54, 1.807) is 0 Å². The monoisotopic (exact) mass is 448 g/mol. The van der Waals surface area contributed by atoms with Crippen LogP contribution in [-0.2, 0) is 25.3 Å². The Morgan fingerprint density at radius 3 is 0.920 bits per heavy atom. The van der Waals surface area contributed by atoms with Gasteiger partial charge in [0.25, 0.3) is 0 Å². The second kappa shape index (κ2) is 23.5. The van der Waals surface area contributed by atoms with Crippen molar-refractivity contribution in [2.75, 3.05) is 26.2 Å². The zero-order valence-corrected chi connectivity index (χ0v) is 22.2. The number of thiocarbonyl (C=S) groups is 2. The molecule has 144 valence electrons. The van der Waals surface area contributed by atoms with Gasteiger partial charge < -0.3 is 59.5 Å². The van der Waals surface area contributed by atoms with Crippen molar-refractivity contribution in [1.82, 2.24) is 9.80 Å². The molecule has 0 saturated heterocycles. The minimum absolute atomic E-state index is 0. The fraction of sp³-hybridized carbons (Fsp3) is 0.889. The van der Waals surface area contributed by atoms with Crippen molar-refractivity contribution in [2.45, 2.75) is 79.1 Å². The van der Waals surface area contributed by atoms with Crippen molar-refractivity contribution >= 4 is 96.1 Å². The van der Waals surface area contributed by atoms with Gasteiger partial charge in [-0.3, -0.25) is 0 Å².